The van der Waals surface area contributed by atoms with E-state index in [-0.39, 0.29) is 6.04 Å². The predicted molar refractivity (Wildman–Crippen MR) is 87.1 cm³/mol. The largest absolute Gasteiger partial charge is 0.493 e. The molecule has 2 unspecified atom stereocenters. The van der Waals surface area contributed by atoms with Crippen LogP contribution >= 0.6 is 15.9 Å². The lowest BCUT2D eigenvalue weighted by Gasteiger charge is -2.16. The zero-order valence-electron chi connectivity index (χ0n) is 12.7. The molecule has 0 saturated carbocycles. The van der Waals surface area contributed by atoms with E-state index in [1.165, 1.54) is 0 Å². The molecule has 1 aliphatic heterocycles. The topological polar surface area (TPSA) is 53.7 Å². The molecule has 1 heterocycles. The third kappa shape index (κ3) is 4.87. The van der Waals surface area contributed by atoms with Gasteiger partial charge >= 0.3 is 0 Å². The number of halogens is 1. The van der Waals surface area contributed by atoms with Crippen LogP contribution in [0.25, 0.3) is 0 Å². The number of hydrogen-bond donors (Lipinski definition) is 1. The van der Waals surface area contributed by atoms with Crippen molar-refractivity contribution < 1.29 is 14.2 Å². The lowest BCUT2D eigenvalue weighted by molar-refractivity contribution is 0.0897. The Kier molecular flexibility index (Phi) is 6.33. The van der Waals surface area contributed by atoms with Crippen molar-refractivity contribution in [1.82, 2.24) is 0 Å². The van der Waals surface area contributed by atoms with Crippen molar-refractivity contribution in [2.24, 2.45) is 5.73 Å². The first-order valence-electron chi connectivity index (χ1n) is 7.46. The molecular formula is C16H24BrNO3. The molecular weight excluding hydrogens is 334 g/mol. The molecule has 0 spiro atoms. The maximum absolute atomic E-state index is 5.90. The normalized spacial score (nSPS) is 19.5. The molecule has 21 heavy (non-hydrogen) atoms. The molecule has 0 bridgehead atoms. The fourth-order valence-corrected chi connectivity index (χ4v) is 3.17. The van der Waals surface area contributed by atoms with E-state index in [2.05, 4.69) is 15.9 Å². The second-order valence-electron chi connectivity index (χ2n) is 5.56. The Hall–Kier alpha value is -0.780. The van der Waals surface area contributed by atoms with Gasteiger partial charge in [-0.15, -0.1) is 0 Å². The Morgan fingerprint density at radius 1 is 1.48 bits per heavy atom. The van der Waals surface area contributed by atoms with Gasteiger partial charge in [0.2, 0.25) is 0 Å². The quantitative estimate of drug-likeness (QED) is 0.813. The molecule has 1 aromatic carbocycles. The first kappa shape index (κ1) is 16.6. The summed E-state index contributed by atoms with van der Waals surface area (Å²) in [6.07, 6.45) is 4.35. The maximum atomic E-state index is 5.90. The molecule has 1 saturated heterocycles. The zero-order valence-corrected chi connectivity index (χ0v) is 14.3. The van der Waals surface area contributed by atoms with Crippen molar-refractivity contribution in [3.05, 3.63) is 22.2 Å². The van der Waals surface area contributed by atoms with Crippen LogP contribution in [-0.4, -0.2) is 32.5 Å². The Morgan fingerprint density at radius 3 is 2.90 bits per heavy atom. The average Bonchev–Trinajstić information content (AvgIpc) is 2.93. The average molecular weight is 358 g/mol. The van der Waals surface area contributed by atoms with Gasteiger partial charge in [0.05, 0.1) is 24.3 Å². The molecule has 5 heteroatoms. The summed E-state index contributed by atoms with van der Waals surface area (Å²) in [6, 6.07) is 4.16. The van der Waals surface area contributed by atoms with Gasteiger partial charge in [0.1, 0.15) is 0 Å². The number of benzene rings is 1. The number of rotatable bonds is 7. The van der Waals surface area contributed by atoms with Crippen LogP contribution in [0.15, 0.2) is 16.6 Å². The first-order valence-corrected chi connectivity index (χ1v) is 8.26. The summed E-state index contributed by atoms with van der Waals surface area (Å²) in [6.45, 7) is 3.50. The standard InChI is InChI=1S/C16H24BrNO3/c1-11(18)8-12-9-14(17)16(15(10-12)19-2)21-7-5-13-4-3-6-20-13/h9-11,13H,3-8,18H2,1-2H3. The van der Waals surface area contributed by atoms with Crippen molar-refractivity contribution in [1.29, 1.82) is 0 Å². The Labute approximate surface area is 135 Å². The number of nitrogens with two attached hydrogens (primary N) is 1. The van der Waals surface area contributed by atoms with E-state index < -0.39 is 0 Å². The highest BCUT2D eigenvalue weighted by Crippen LogP contribution is 2.37. The molecule has 1 aliphatic rings. The van der Waals surface area contributed by atoms with Crippen LogP contribution < -0.4 is 15.2 Å². The van der Waals surface area contributed by atoms with Crippen LogP contribution in [0.3, 0.4) is 0 Å². The summed E-state index contributed by atoms with van der Waals surface area (Å²) in [5, 5.41) is 0. The van der Waals surface area contributed by atoms with Crippen molar-refractivity contribution in [3.63, 3.8) is 0 Å². The molecule has 0 aliphatic carbocycles. The third-order valence-electron chi connectivity index (χ3n) is 3.56. The first-order chi connectivity index (χ1) is 10.1. The van der Waals surface area contributed by atoms with E-state index in [1.807, 2.05) is 19.1 Å². The minimum atomic E-state index is 0.118. The van der Waals surface area contributed by atoms with Gasteiger partial charge in [0.15, 0.2) is 11.5 Å². The van der Waals surface area contributed by atoms with E-state index in [4.69, 9.17) is 19.9 Å². The number of ether oxygens (including phenoxy) is 3. The maximum Gasteiger partial charge on any atom is 0.175 e. The SMILES string of the molecule is COc1cc(CC(C)N)cc(Br)c1OCCC1CCCO1. The summed E-state index contributed by atoms with van der Waals surface area (Å²) < 4.78 is 17.9. The van der Waals surface area contributed by atoms with Crippen molar-refractivity contribution in [2.45, 2.75) is 44.8 Å². The minimum Gasteiger partial charge on any atom is -0.493 e. The van der Waals surface area contributed by atoms with Crippen LogP contribution in [-0.2, 0) is 11.2 Å². The van der Waals surface area contributed by atoms with Gasteiger partial charge in [-0.25, -0.2) is 0 Å². The lowest BCUT2D eigenvalue weighted by Crippen LogP contribution is -2.18. The van der Waals surface area contributed by atoms with Crippen LogP contribution in [0.2, 0.25) is 0 Å². The van der Waals surface area contributed by atoms with E-state index in [1.54, 1.807) is 7.11 Å². The second kappa shape index (κ2) is 8.01. The zero-order chi connectivity index (χ0) is 15.2. The van der Waals surface area contributed by atoms with Crippen LogP contribution in [0.4, 0.5) is 0 Å². The Morgan fingerprint density at radius 2 is 2.29 bits per heavy atom. The Bertz CT molecular complexity index is 459. The minimum absolute atomic E-state index is 0.118. The van der Waals surface area contributed by atoms with E-state index in [9.17, 15) is 0 Å². The van der Waals surface area contributed by atoms with Crippen LogP contribution in [0.5, 0.6) is 11.5 Å². The fraction of sp³-hybridized carbons (Fsp3) is 0.625. The number of methoxy groups -OCH3 is 1. The molecule has 2 atom stereocenters. The van der Waals surface area contributed by atoms with Gasteiger partial charge in [-0.2, -0.15) is 0 Å². The summed E-state index contributed by atoms with van der Waals surface area (Å²) in [5.74, 6) is 1.50. The molecule has 2 rings (SSSR count). The molecule has 0 aromatic heterocycles. The van der Waals surface area contributed by atoms with Gasteiger partial charge in [0, 0.05) is 19.1 Å². The van der Waals surface area contributed by atoms with Gasteiger partial charge < -0.3 is 19.9 Å². The Balaban J connectivity index is 2.00. The van der Waals surface area contributed by atoms with Crippen molar-refractivity contribution in [2.75, 3.05) is 20.3 Å². The smallest absolute Gasteiger partial charge is 0.175 e. The number of hydrogen-bond acceptors (Lipinski definition) is 4. The molecule has 118 valence electrons. The van der Waals surface area contributed by atoms with Crippen LogP contribution in [0.1, 0.15) is 31.7 Å². The molecule has 2 N–H and O–H groups in total. The van der Waals surface area contributed by atoms with E-state index in [0.717, 1.165) is 53.8 Å². The summed E-state index contributed by atoms with van der Waals surface area (Å²) in [7, 11) is 1.66. The van der Waals surface area contributed by atoms with E-state index >= 15 is 0 Å². The van der Waals surface area contributed by atoms with Gasteiger partial charge in [-0.05, 0) is 59.8 Å². The van der Waals surface area contributed by atoms with Crippen molar-refractivity contribution >= 4 is 15.9 Å². The van der Waals surface area contributed by atoms with Gasteiger partial charge in [-0.3, -0.25) is 0 Å². The highest BCUT2D eigenvalue weighted by molar-refractivity contribution is 9.10. The highest BCUT2D eigenvalue weighted by atomic mass is 79.9. The molecule has 0 amide bonds. The molecule has 1 fully saturated rings. The van der Waals surface area contributed by atoms with Crippen molar-refractivity contribution in [3.8, 4) is 11.5 Å². The van der Waals surface area contributed by atoms with Gasteiger partial charge in [-0.1, -0.05) is 0 Å². The molecule has 1 aromatic rings. The lowest BCUT2D eigenvalue weighted by atomic mass is 10.1. The second-order valence-corrected chi connectivity index (χ2v) is 6.42. The fourth-order valence-electron chi connectivity index (χ4n) is 2.57. The van der Waals surface area contributed by atoms with E-state index in [0.29, 0.717) is 12.7 Å². The predicted octanol–water partition coefficient (Wildman–Crippen LogP) is 3.30. The third-order valence-corrected chi connectivity index (χ3v) is 4.15. The summed E-state index contributed by atoms with van der Waals surface area (Å²) in [5.41, 5.74) is 6.99. The highest BCUT2D eigenvalue weighted by Gasteiger charge is 2.17. The summed E-state index contributed by atoms with van der Waals surface area (Å²) >= 11 is 3.57. The molecule has 4 nitrogen and oxygen atoms in total. The summed E-state index contributed by atoms with van der Waals surface area (Å²) in [4.78, 5) is 0. The monoisotopic (exact) mass is 357 g/mol. The van der Waals surface area contributed by atoms with Gasteiger partial charge in [0.25, 0.3) is 0 Å². The molecule has 0 radical (unpaired) electrons. The van der Waals surface area contributed by atoms with Crippen LogP contribution in [0, 0.1) is 0 Å².